The normalized spacial score (nSPS) is 12.7. The van der Waals surface area contributed by atoms with Crippen molar-refractivity contribution in [3.05, 3.63) is 46.6 Å². The van der Waals surface area contributed by atoms with Gasteiger partial charge in [-0.1, -0.05) is 0 Å². The van der Waals surface area contributed by atoms with Crippen molar-refractivity contribution in [3.8, 4) is 11.1 Å². The Morgan fingerprint density at radius 2 is 2.09 bits per heavy atom. The number of hydrogen-bond donors (Lipinski definition) is 3. The molecule has 0 radical (unpaired) electrons. The average molecular weight is 300 g/mol. The number of aliphatic hydroxyl groups is 2. The van der Waals surface area contributed by atoms with Gasteiger partial charge in [0.05, 0.1) is 24.6 Å². The van der Waals surface area contributed by atoms with Gasteiger partial charge in [-0.2, -0.15) is 0 Å². The lowest BCUT2D eigenvalue weighted by molar-refractivity contribution is 0.0791. The lowest BCUT2D eigenvalue weighted by Gasteiger charge is -2.10. The molecule has 22 heavy (non-hydrogen) atoms. The maximum atomic E-state index is 12.1. The highest BCUT2D eigenvalue weighted by Crippen LogP contribution is 2.24. The van der Waals surface area contributed by atoms with Gasteiger partial charge in [-0.05, 0) is 30.7 Å². The monoisotopic (exact) mass is 300 g/mol. The second-order valence-electron chi connectivity index (χ2n) is 5.12. The highest BCUT2D eigenvalue weighted by molar-refractivity contribution is 5.82. The topological polar surface area (TPSA) is 104 Å². The van der Waals surface area contributed by atoms with Gasteiger partial charge in [0.15, 0.2) is 5.65 Å². The zero-order chi connectivity index (χ0) is 15.7. The predicted octanol–water partition coefficient (Wildman–Crippen LogP) is 0.448. The molecule has 7 heteroatoms. The van der Waals surface area contributed by atoms with E-state index in [4.69, 9.17) is 5.11 Å². The van der Waals surface area contributed by atoms with Crippen molar-refractivity contribution in [1.29, 1.82) is 0 Å². The number of aliphatic hydroxyl groups excluding tert-OH is 2. The van der Waals surface area contributed by atoms with Crippen LogP contribution >= 0.6 is 0 Å². The van der Waals surface area contributed by atoms with Crippen LogP contribution in [-0.2, 0) is 6.54 Å². The van der Waals surface area contributed by atoms with E-state index >= 15 is 0 Å². The van der Waals surface area contributed by atoms with E-state index < -0.39 is 6.10 Å². The van der Waals surface area contributed by atoms with E-state index in [1.54, 1.807) is 18.5 Å². The third kappa shape index (κ3) is 2.51. The number of aromatic amines is 1. The maximum absolute atomic E-state index is 12.1. The quantitative estimate of drug-likeness (QED) is 0.649. The largest absolute Gasteiger partial charge is 0.394 e. The molecule has 3 aromatic rings. The number of nitrogens with one attached hydrogen (secondary N) is 1. The van der Waals surface area contributed by atoms with E-state index in [0.29, 0.717) is 11.0 Å². The minimum absolute atomic E-state index is 0.0796. The first-order valence-corrected chi connectivity index (χ1v) is 6.89. The number of fused-ring (bicyclic) bond motifs is 1. The lowest BCUT2D eigenvalue weighted by Crippen LogP contribution is -2.21. The minimum Gasteiger partial charge on any atom is -0.394 e. The van der Waals surface area contributed by atoms with Gasteiger partial charge in [-0.25, -0.2) is 4.98 Å². The Morgan fingerprint density at radius 3 is 2.77 bits per heavy atom. The Kier molecular flexibility index (Phi) is 3.74. The Hall–Kier alpha value is -2.51. The molecule has 7 nitrogen and oxygen atoms in total. The van der Waals surface area contributed by atoms with Crippen LogP contribution in [0.3, 0.4) is 0 Å². The van der Waals surface area contributed by atoms with Gasteiger partial charge in [-0.3, -0.25) is 19.6 Å². The van der Waals surface area contributed by atoms with Gasteiger partial charge in [-0.15, -0.1) is 0 Å². The van der Waals surface area contributed by atoms with Gasteiger partial charge in [0.1, 0.15) is 0 Å². The number of hydrogen-bond acceptors (Lipinski definition) is 5. The van der Waals surface area contributed by atoms with Gasteiger partial charge < -0.3 is 10.2 Å². The first kappa shape index (κ1) is 14.4. The van der Waals surface area contributed by atoms with E-state index in [2.05, 4.69) is 15.1 Å². The third-order valence-corrected chi connectivity index (χ3v) is 3.53. The summed E-state index contributed by atoms with van der Waals surface area (Å²) in [6, 6.07) is 5.50. The van der Waals surface area contributed by atoms with Crippen LogP contribution in [0.1, 0.15) is 5.69 Å². The van der Waals surface area contributed by atoms with E-state index in [-0.39, 0.29) is 18.7 Å². The average Bonchev–Trinajstić information content (AvgIpc) is 2.82. The summed E-state index contributed by atoms with van der Waals surface area (Å²) in [4.78, 5) is 20.6. The molecule has 0 saturated carbocycles. The van der Waals surface area contributed by atoms with Crippen molar-refractivity contribution in [1.82, 2.24) is 19.7 Å². The Balaban J connectivity index is 2.15. The summed E-state index contributed by atoms with van der Waals surface area (Å²) in [5.41, 5.74) is 2.76. The number of aromatic nitrogens is 4. The minimum atomic E-state index is -0.951. The van der Waals surface area contributed by atoms with Crippen molar-refractivity contribution < 1.29 is 10.2 Å². The Labute approximate surface area is 125 Å². The zero-order valence-corrected chi connectivity index (χ0v) is 12.0. The fourth-order valence-corrected chi connectivity index (χ4v) is 2.43. The molecule has 0 aliphatic carbocycles. The third-order valence-electron chi connectivity index (χ3n) is 3.53. The smallest absolute Gasteiger partial charge is 0.273 e. The molecule has 0 spiro atoms. The van der Waals surface area contributed by atoms with E-state index in [9.17, 15) is 9.90 Å². The number of nitrogens with zero attached hydrogens (tertiary/aromatic N) is 3. The molecule has 0 bridgehead atoms. The van der Waals surface area contributed by atoms with Crippen LogP contribution in [-0.4, -0.2) is 42.7 Å². The van der Waals surface area contributed by atoms with Crippen molar-refractivity contribution in [2.75, 3.05) is 6.61 Å². The fourth-order valence-electron chi connectivity index (χ4n) is 2.43. The number of H-pyrrole nitrogens is 1. The highest BCUT2D eigenvalue weighted by Gasteiger charge is 2.14. The molecule has 3 rings (SSSR count). The molecule has 114 valence electrons. The molecule has 3 aromatic heterocycles. The molecule has 3 heterocycles. The first-order valence-electron chi connectivity index (χ1n) is 6.89. The molecule has 0 saturated heterocycles. The second-order valence-corrected chi connectivity index (χ2v) is 5.12. The second kappa shape index (κ2) is 5.70. The molecule has 0 fully saturated rings. The van der Waals surface area contributed by atoms with Crippen molar-refractivity contribution in [3.63, 3.8) is 0 Å². The summed E-state index contributed by atoms with van der Waals surface area (Å²) < 4.78 is 1.46. The molecule has 0 amide bonds. The lowest BCUT2D eigenvalue weighted by atomic mass is 10.0. The summed E-state index contributed by atoms with van der Waals surface area (Å²) in [5.74, 6) is 0. The van der Waals surface area contributed by atoms with Crippen LogP contribution in [0.4, 0.5) is 0 Å². The highest BCUT2D eigenvalue weighted by atomic mass is 16.3. The van der Waals surface area contributed by atoms with Crippen LogP contribution in [0.15, 0.2) is 35.4 Å². The molecule has 0 aliphatic rings. The standard InChI is InChI=1S/C15H16N4O3/c1-9-12(10-2-4-16-5-3-10)6-13-14(17-9)19(18-15(13)22)7-11(21)8-20/h2-6,11,20-21H,7-8H2,1H3,(H,18,22). The SMILES string of the molecule is Cc1nc2c(cc1-c1ccncc1)c(=O)[nH]n2CC(O)CO. The molecule has 3 N–H and O–H groups in total. The van der Waals surface area contributed by atoms with Crippen LogP contribution in [0.25, 0.3) is 22.2 Å². The summed E-state index contributed by atoms with van der Waals surface area (Å²) in [5, 5.41) is 21.6. The van der Waals surface area contributed by atoms with Crippen LogP contribution < -0.4 is 5.56 Å². The van der Waals surface area contributed by atoms with Gasteiger partial charge in [0, 0.05) is 23.7 Å². The molecular formula is C15H16N4O3. The molecular weight excluding hydrogens is 284 g/mol. The van der Waals surface area contributed by atoms with Gasteiger partial charge in [0.2, 0.25) is 0 Å². The molecule has 0 aromatic carbocycles. The van der Waals surface area contributed by atoms with Gasteiger partial charge in [0.25, 0.3) is 5.56 Å². The molecule has 1 unspecified atom stereocenters. The molecule has 1 atom stereocenters. The summed E-state index contributed by atoms with van der Waals surface area (Å²) in [6.45, 7) is 1.56. The van der Waals surface area contributed by atoms with E-state index in [1.165, 1.54) is 4.68 Å². The van der Waals surface area contributed by atoms with Crippen molar-refractivity contribution >= 4 is 11.0 Å². The van der Waals surface area contributed by atoms with Crippen molar-refractivity contribution in [2.45, 2.75) is 19.6 Å². The molecule has 0 aliphatic heterocycles. The Bertz CT molecular complexity index is 854. The maximum Gasteiger partial charge on any atom is 0.273 e. The summed E-state index contributed by atoms with van der Waals surface area (Å²) in [7, 11) is 0. The zero-order valence-electron chi connectivity index (χ0n) is 12.0. The van der Waals surface area contributed by atoms with Crippen molar-refractivity contribution in [2.24, 2.45) is 0 Å². The number of aryl methyl sites for hydroxylation is 1. The van der Waals surface area contributed by atoms with Gasteiger partial charge >= 0.3 is 0 Å². The predicted molar refractivity (Wildman–Crippen MR) is 81.4 cm³/mol. The van der Waals surface area contributed by atoms with E-state index in [1.807, 2.05) is 19.1 Å². The number of rotatable bonds is 4. The Morgan fingerprint density at radius 1 is 1.36 bits per heavy atom. The van der Waals surface area contributed by atoms with E-state index in [0.717, 1.165) is 16.8 Å². The number of pyridine rings is 2. The van der Waals surface area contributed by atoms with Crippen LogP contribution in [0.2, 0.25) is 0 Å². The fraction of sp³-hybridized carbons (Fsp3) is 0.267. The summed E-state index contributed by atoms with van der Waals surface area (Å²) in [6.07, 6.45) is 2.42. The van der Waals surface area contributed by atoms with Crippen LogP contribution in [0, 0.1) is 6.92 Å². The summed E-state index contributed by atoms with van der Waals surface area (Å²) >= 11 is 0. The van der Waals surface area contributed by atoms with Crippen LogP contribution in [0.5, 0.6) is 0 Å². The first-order chi connectivity index (χ1) is 10.6.